The lowest BCUT2D eigenvalue weighted by Gasteiger charge is -2.09. The Morgan fingerprint density at radius 1 is 1.67 bits per heavy atom. The predicted octanol–water partition coefficient (Wildman–Crippen LogP) is 0.712. The van der Waals surface area contributed by atoms with Crippen LogP contribution < -0.4 is 10.6 Å². The largest absolute Gasteiger partial charge is 0.351 e. The minimum Gasteiger partial charge on any atom is -0.351 e. The van der Waals surface area contributed by atoms with Crippen molar-refractivity contribution in [2.24, 2.45) is 13.0 Å². The van der Waals surface area contributed by atoms with Gasteiger partial charge in [0.1, 0.15) is 5.69 Å². The summed E-state index contributed by atoms with van der Waals surface area (Å²) in [5.41, 5.74) is 1.61. The van der Waals surface area contributed by atoms with Crippen LogP contribution in [-0.4, -0.2) is 35.3 Å². The van der Waals surface area contributed by atoms with Gasteiger partial charge in [-0.3, -0.25) is 9.48 Å². The molecule has 0 aliphatic carbocycles. The smallest absolute Gasteiger partial charge is 0.269 e. The lowest BCUT2D eigenvalue weighted by atomic mass is 10.1. The highest BCUT2D eigenvalue weighted by Crippen LogP contribution is 2.11. The molecule has 1 aromatic heterocycles. The molecule has 2 heterocycles. The molecule has 1 aliphatic rings. The number of carbonyl (C=O) groups is 1. The van der Waals surface area contributed by atoms with E-state index < -0.39 is 0 Å². The van der Waals surface area contributed by atoms with E-state index in [1.807, 2.05) is 20.0 Å². The van der Waals surface area contributed by atoms with E-state index in [0.717, 1.165) is 38.2 Å². The van der Waals surface area contributed by atoms with Crippen molar-refractivity contribution in [3.05, 3.63) is 17.5 Å². The number of amides is 1. The molecular formula is C13H22N4O. The average molecular weight is 250 g/mol. The topological polar surface area (TPSA) is 59.0 Å². The van der Waals surface area contributed by atoms with Crippen LogP contribution in [0.4, 0.5) is 0 Å². The second-order valence-corrected chi connectivity index (χ2v) is 4.90. The molecule has 1 aromatic rings. The van der Waals surface area contributed by atoms with Crippen LogP contribution >= 0.6 is 0 Å². The summed E-state index contributed by atoms with van der Waals surface area (Å²) >= 11 is 0. The van der Waals surface area contributed by atoms with Crippen molar-refractivity contribution in [1.82, 2.24) is 20.4 Å². The first-order valence-corrected chi connectivity index (χ1v) is 6.72. The molecule has 1 saturated heterocycles. The Morgan fingerprint density at radius 2 is 2.50 bits per heavy atom. The number of nitrogens with one attached hydrogen (secondary N) is 2. The second kappa shape index (κ2) is 6.00. The molecule has 0 saturated carbocycles. The Kier molecular flexibility index (Phi) is 4.36. The standard InChI is InChI=1S/C13H22N4O/c1-3-11-8-12(17(2)16-11)13(18)15-7-5-10-4-6-14-9-10/h8,10,14H,3-7,9H2,1-2H3,(H,15,18). The first kappa shape index (κ1) is 13.1. The molecule has 100 valence electrons. The van der Waals surface area contributed by atoms with Gasteiger partial charge in [0.05, 0.1) is 5.69 Å². The number of rotatable bonds is 5. The van der Waals surface area contributed by atoms with Crippen molar-refractivity contribution in [3.8, 4) is 0 Å². The lowest BCUT2D eigenvalue weighted by Crippen LogP contribution is -2.28. The van der Waals surface area contributed by atoms with Gasteiger partial charge in [0.15, 0.2) is 0 Å². The van der Waals surface area contributed by atoms with Crippen molar-refractivity contribution in [3.63, 3.8) is 0 Å². The van der Waals surface area contributed by atoms with Crippen LogP contribution in [0.3, 0.4) is 0 Å². The van der Waals surface area contributed by atoms with Gasteiger partial charge in [-0.1, -0.05) is 6.92 Å². The summed E-state index contributed by atoms with van der Waals surface area (Å²) in [5.74, 6) is 0.693. The molecule has 0 bridgehead atoms. The van der Waals surface area contributed by atoms with Gasteiger partial charge in [0.25, 0.3) is 5.91 Å². The SMILES string of the molecule is CCc1cc(C(=O)NCCC2CCNC2)n(C)n1. The molecule has 1 fully saturated rings. The molecule has 2 N–H and O–H groups in total. The van der Waals surface area contributed by atoms with E-state index >= 15 is 0 Å². The molecule has 18 heavy (non-hydrogen) atoms. The molecular weight excluding hydrogens is 228 g/mol. The predicted molar refractivity (Wildman–Crippen MR) is 70.5 cm³/mol. The Labute approximate surface area is 108 Å². The molecule has 1 atom stereocenters. The summed E-state index contributed by atoms with van der Waals surface area (Å²) < 4.78 is 1.66. The fraction of sp³-hybridized carbons (Fsp3) is 0.692. The first-order chi connectivity index (χ1) is 8.70. The minimum absolute atomic E-state index is 0.0179. The lowest BCUT2D eigenvalue weighted by molar-refractivity contribution is 0.0942. The van der Waals surface area contributed by atoms with Gasteiger partial charge in [-0.15, -0.1) is 0 Å². The third-order valence-electron chi connectivity index (χ3n) is 3.53. The van der Waals surface area contributed by atoms with Crippen molar-refractivity contribution in [2.45, 2.75) is 26.2 Å². The van der Waals surface area contributed by atoms with Gasteiger partial charge >= 0.3 is 0 Å². The Balaban J connectivity index is 1.81. The van der Waals surface area contributed by atoms with Gasteiger partial charge in [-0.05, 0) is 44.3 Å². The molecule has 1 unspecified atom stereocenters. The van der Waals surface area contributed by atoms with Crippen LogP contribution in [-0.2, 0) is 13.5 Å². The van der Waals surface area contributed by atoms with Crippen molar-refractivity contribution in [2.75, 3.05) is 19.6 Å². The summed E-state index contributed by atoms with van der Waals surface area (Å²) in [6, 6.07) is 1.87. The van der Waals surface area contributed by atoms with Gasteiger partial charge in [-0.25, -0.2) is 0 Å². The minimum atomic E-state index is -0.0179. The van der Waals surface area contributed by atoms with E-state index in [4.69, 9.17) is 0 Å². The zero-order chi connectivity index (χ0) is 13.0. The van der Waals surface area contributed by atoms with E-state index in [0.29, 0.717) is 11.6 Å². The maximum absolute atomic E-state index is 12.0. The maximum Gasteiger partial charge on any atom is 0.269 e. The Bertz CT molecular complexity index is 407. The van der Waals surface area contributed by atoms with Crippen LogP contribution in [0.25, 0.3) is 0 Å². The van der Waals surface area contributed by atoms with E-state index in [2.05, 4.69) is 15.7 Å². The third kappa shape index (κ3) is 3.10. The summed E-state index contributed by atoms with van der Waals surface area (Å²) in [6.45, 7) is 4.98. The van der Waals surface area contributed by atoms with Gasteiger partial charge in [0.2, 0.25) is 0 Å². The van der Waals surface area contributed by atoms with Crippen LogP contribution in [0.1, 0.15) is 35.9 Å². The summed E-state index contributed by atoms with van der Waals surface area (Å²) in [7, 11) is 1.81. The molecule has 0 aromatic carbocycles. The van der Waals surface area contributed by atoms with Crippen molar-refractivity contribution < 1.29 is 4.79 Å². The number of hydrogen-bond donors (Lipinski definition) is 2. The van der Waals surface area contributed by atoms with E-state index in [-0.39, 0.29) is 5.91 Å². The number of hydrogen-bond acceptors (Lipinski definition) is 3. The van der Waals surface area contributed by atoms with Crippen molar-refractivity contribution in [1.29, 1.82) is 0 Å². The van der Waals surface area contributed by atoms with Crippen LogP contribution in [0.2, 0.25) is 0 Å². The van der Waals surface area contributed by atoms with E-state index in [9.17, 15) is 4.79 Å². The Morgan fingerprint density at radius 3 is 3.11 bits per heavy atom. The zero-order valence-corrected chi connectivity index (χ0v) is 11.2. The molecule has 0 spiro atoms. The van der Waals surface area contributed by atoms with Gasteiger partial charge < -0.3 is 10.6 Å². The van der Waals surface area contributed by atoms with E-state index in [1.54, 1.807) is 4.68 Å². The second-order valence-electron chi connectivity index (χ2n) is 4.90. The summed E-state index contributed by atoms with van der Waals surface area (Å²) in [4.78, 5) is 12.0. The molecule has 1 amide bonds. The quantitative estimate of drug-likeness (QED) is 0.809. The summed E-state index contributed by atoms with van der Waals surface area (Å²) in [5, 5.41) is 10.6. The highest BCUT2D eigenvalue weighted by molar-refractivity contribution is 5.92. The number of nitrogens with zero attached hydrogens (tertiary/aromatic N) is 2. The monoisotopic (exact) mass is 250 g/mol. The van der Waals surface area contributed by atoms with Gasteiger partial charge in [0, 0.05) is 13.6 Å². The molecule has 5 nitrogen and oxygen atoms in total. The molecule has 1 aliphatic heterocycles. The number of aromatic nitrogens is 2. The van der Waals surface area contributed by atoms with Crippen LogP contribution in [0, 0.1) is 5.92 Å². The molecule has 0 radical (unpaired) electrons. The molecule has 2 rings (SSSR count). The maximum atomic E-state index is 12.0. The average Bonchev–Trinajstić information content (AvgIpc) is 2.98. The highest BCUT2D eigenvalue weighted by atomic mass is 16.2. The van der Waals surface area contributed by atoms with Crippen LogP contribution in [0.5, 0.6) is 0 Å². The van der Waals surface area contributed by atoms with Crippen LogP contribution in [0.15, 0.2) is 6.07 Å². The van der Waals surface area contributed by atoms with Gasteiger partial charge in [-0.2, -0.15) is 5.10 Å². The fourth-order valence-corrected chi connectivity index (χ4v) is 2.35. The highest BCUT2D eigenvalue weighted by Gasteiger charge is 2.16. The van der Waals surface area contributed by atoms with E-state index in [1.165, 1.54) is 6.42 Å². The normalized spacial score (nSPS) is 19.1. The number of carbonyl (C=O) groups excluding carboxylic acids is 1. The third-order valence-corrected chi connectivity index (χ3v) is 3.53. The first-order valence-electron chi connectivity index (χ1n) is 6.72. The summed E-state index contributed by atoms with van der Waals surface area (Å²) in [6.07, 6.45) is 3.13. The molecule has 5 heteroatoms. The zero-order valence-electron chi connectivity index (χ0n) is 11.2. The fourth-order valence-electron chi connectivity index (χ4n) is 2.35. The number of aryl methyl sites for hydroxylation is 2. The Hall–Kier alpha value is -1.36. The van der Waals surface area contributed by atoms with Crippen molar-refractivity contribution >= 4 is 5.91 Å².